The molecular weight excluding hydrogens is 376 g/mol. The molecule has 0 heterocycles. The van der Waals surface area contributed by atoms with E-state index in [-0.39, 0.29) is 43.8 Å². The van der Waals surface area contributed by atoms with E-state index < -0.39 is 5.41 Å². The quantitative estimate of drug-likeness (QED) is 0.291. The summed E-state index contributed by atoms with van der Waals surface area (Å²) in [4.78, 5) is 32.9. The van der Waals surface area contributed by atoms with Crippen LogP contribution in [0.25, 0.3) is 0 Å². The fourth-order valence-corrected chi connectivity index (χ4v) is 3.02. The summed E-state index contributed by atoms with van der Waals surface area (Å²) in [7, 11) is 1.31. The van der Waals surface area contributed by atoms with Gasteiger partial charge < -0.3 is 24.5 Å². The van der Waals surface area contributed by atoms with Gasteiger partial charge in [0.25, 0.3) is 0 Å². The van der Waals surface area contributed by atoms with Crippen molar-refractivity contribution >= 4 is 17.7 Å². The third-order valence-corrected chi connectivity index (χ3v) is 4.78. The first kappa shape index (κ1) is 29.7. The number of Topliss-reactive ketones (excluding diaryl/α,β-unsaturated/α-hetero) is 1. The lowest BCUT2D eigenvalue weighted by molar-refractivity contribution is -0.158. The van der Waals surface area contributed by atoms with Gasteiger partial charge in [0.2, 0.25) is 0 Å². The highest BCUT2D eigenvalue weighted by Crippen LogP contribution is 2.36. The summed E-state index contributed by atoms with van der Waals surface area (Å²) >= 11 is 0. The van der Waals surface area contributed by atoms with Crippen LogP contribution in [0, 0.1) is 5.41 Å². The molecule has 0 aromatic heterocycles. The van der Waals surface area contributed by atoms with Crippen molar-refractivity contribution in [2.24, 2.45) is 5.41 Å². The van der Waals surface area contributed by atoms with Crippen LogP contribution >= 0.6 is 0 Å². The minimum atomic E-state index is -0.562. The zero-order valence-corrected chi connectivity index (χ0v) is 18.8. The number of carbonyl (C=O) groups excluding carboxylic acids is 3. The van der Waals surface area contributed by atoms with Gasteiger partial charge in [-0.15, -0.1) is 0 Å². The SMILES string of the molecule is CCCCCCC(CCO)(CCCCO)C(=O)OCC.COC(=O)CCC(C)=O. The van der Waals surface area contributed by atoms with E-state index in [9.17, 15) is 19.5 Å². The Labute approximate surface area is 176 Å². The van der Waals surface area contributed by atoms with E-state index in [1.807, 2.05) is 6.92 Å². The lowest BCUT2D eigenvalue weighted by Gasteiger charge is -2.31. The molecule has 0 fully saturated rings. The third kappa shape index (κ3) is 16.1. The molecule has 29 heavy (non-hydrogen) atoms. The van der Waals surface area contributed by atoms with Crippen LogP contribution in [-0.4, -0.2) is 54.9 Å². The van der Waals surface area contributed by atoms with Gasteiger partial charge in [0.1, 0.15) is 5.78 Å². The Morgan fingerprint density at radius 3 is 1.90 bits per heavy atom. The second-order valence-corrected chi connectivity index (χ2v) is 7.24. The molecule has 1 atom stereocenters. The van der Waals surface area contributed by atoms with Crippen LogP contribution in [0.1, 0.15) is 91.4 Å². The predicted octanol–water partition coefficient (Wildman–Crippen LogP) is 3.58. The number of methoxy groups -OCH3 is 1. The van der Waals surface area contributed by atoms with Crippen molar-refractivity contribution in [1.29, 1.82) is 0 Å². The molecular formula is C22H42O7. The summed E-state index contributed by atoms with van der Waals surface area (Å²) in [6.07, 6.45) is 8.35. The van der Waals surface area contributed by atoms with Gasteiger partial charge in [0, 0.05) is 19.6 Å². The van der Waals surface area contributed by atoms with Gasteiger partial charge in [-0.3, -0.25) is 9.59 Å². The van der Waals surface area contributed by atoms with Crippen LogP contribution in [0.5, 0.6) is 0 Å². The second kappa shape index (κ2) is 19.8. The highest BCUT2D eigenvalue weighted by molar-refractivity contribution is 5.80. The molecule has 0 saturated heterocycles. The molecule has 7 heteroatoms. The normalized spacial score (nSPS) is 12.3. The predicted molar refractivity (Wildman–Crippen MR) is 112 cm³/mol. The van der Waals surface area contributed by atoms with Crippen molar-refractivity contribution < 1.29 is 34.1 Å². The van der Waals surface area contributed by atoms with Crippen LogP contribution < -0.4 is 0 Å². The molecule has 172 valence electrons. The fraction of sp³-hybridized carbons (Fsp3) is 0.864. The number of hydrogen-bond donors (Lipinski definition) is 2. The van der Waals surface area contributed by atoms with Gasteiger partial charge in [-0.25, -0.2) is 0 Å². The van der Waals surface area contributed by atoms with E-state index >= 15 is 0 Å². The van der Waals surface area contributed by atoms with E-state index in [0.717, 1.165) is 32.1 Å². The topological polar surface area (TPSA) is 110 Å². The maximum absolute atomic E-state index is 12.3. The van der Waals surface area contributed by atoms with Crippen molar-refractivity contribution in [2.75, 3.05) is 26.9 Å². The largest absolute Gasteiger partial charge is 0.469 e. The monoisotopic (exact) mass is 418 g/mol. The summed E-state index contributed by atoms with van der Waals surface area (Å²) in [5, 5.41) is 18.2. The van der Waals surface area contributed by atoms with Gasteiger partial charge in [0.15, 0.2) is 0 Å². The van der Waals surface area contributed by atoms with Crippen molar-refractivity contribution in [3.8, 4) is 0 Å². The first-order valence-corrected chi connectivity index (χ1v) is 10.8. The van der Waals surface area contributed by atoms with Crippen LogP contribution in [-0.2, 0) is 23.9 Å². The number of hydrogen-bond acceptors (Lipinski definition) is 7. The summed E-state index contributed by atoms with van der Waals surface area (Å²) in [6.45, 7) is 5.95. The number of aliphatic hydroxyl groups excluding tert-OH is 2. The first-order chi connectivity index (χ1) is 13.8. The molecule has 0 bridgehead atoms. The number of ether oxygens (including phenoxy) is 2. The molecule has 0 amide bonds. The molecule has 1 unspecified atom stereocenters. The maximum atomic E-state index is 12.3. The lowest BCUT2D eigenvalue weighted by atomic mass is 9.75. The second-order valence-electron chi connectivity index (χ2n) is 7.24. The average molecular weight is 419 g/mol. The molecule has 0 aromatic carbocycles. The van der Waals surface area contributed by atoms with E-state index in [0.29, 0.717) is 25.9 Å². The highest BCUT2D eigenvalue weighted by Gasteiger charge is 2.38. The van der Waals surface area contributed by atoms with E-state index in [1.54, 1.807) is 0 Å². The molecule has 2 N–H and O–H groups in total. The summed E-state index contributed by atoms with van der Waals surface area (Å²) in [5.74, 6) is -0.492. The zero-order valence-electron chi connectivity index (χ0n) is 18.8. The summed E-state index contributed by atoms with van der Waals surface area (Å²) < 4.78 is 9.54. The summed E-state index contributed by atoms with van der Waals surface area (Å²) in [5.41, 5.74) is -0.562. The standard InChI is InChI=1S/C16H32O4.C6H10O3/c1-3-5-6-7-10-16(12-14-18,11-8-9-13-17)15(19)20-4-2;1-5(7)3-4-6(8)9-2/h17-18H,3-14H2,1-2H3;3-4H2,1-2H3. The molecule has 0 rings (SSSR count). The number of unbranched alkanes of at least 4 members (excludes halogenated alkanes) is 4. The number of ketones is 1. The van der Waals surface area contributed by atoms with Crippen LogP contribution in [0.15, 0.2) is 0 Å². The smallest absolute Gasteiger partial charge is 0.312 e. The molecule has 0 aliphatic heterocycles. The average Bonchev–Trinajstić information content (AvgIpc) is 2.70. The Bertz CT molecular complexity index is 437. The van der Waals surface area contributed by atoms with Gasteiger partial charge in [-0.1, -0.05) is 39.0 Å². The number of esters is 2. The molecule has 0 aromatic rings. The Morgan fingerprint density at radius 2 is 1.45 bits per heavy atom. The van der Waals surface area contributed by atoms with Gasteiger partial charge in [0.05, 0.1) is 25.6 Å². The van der Waals surface area contributed by atoms with Crippen LogP contribution in [0.3, 0.4) is 0 Å². The maximum Gasteiger partial charge on any atom is 0.312 e. The Balaban J connectivity index is 0. The fourth-order valence-electron chi connectivity index (χ4n) is 3.02. The molecule has 0 spiro atoms. The van der Waals surface area contributed by atoms with E-state index in [2.05, 4.69) is 11.7 Å². The minimum absolute atomic E-state index is 0.00567. The first-order valence-electron chi connectivity index (χ1n) is 10.8. The van der Waals surface area contributed by atoms with E-state index in [4.69, 9.17) is 9.84 Å². The Morgan fingerprint density at radius 1 is 0.828 bits per heavy atom. The molecule has 0 aliphatic rings. The number of carbonyl (C=O) groups is 3. The Kier molecular flexibility index (Phi) is 20.3. The molecule has 7 nitrogen and oxygen atoms in total. The van der Waals surface area contributed by atoms with Crippen molar-refractivity contribution in [2.45, 2.75) is 91.4 Å². The summed E-state index contributed by atoms with van der Waals surface area (Å²) in [6, 6.07) is 0. The lowest BCUT2D eigenvalue weighted by Crippen LogP contribution is -2.34. The van der Waals surface area contributed by atoms with Crippen LogP contribution in [0.2, 0.25) is 0 Å². The van der Waals surface area contributed by atoms with Gasteiger partial charge in [-0.2, -0.15) is 0 Å². The molecule has 0 aliphatic carbocycles. The molecule has 0 radical (unpaired) electrons. The molecule has 0 saturated carbocycles. The zero-order chi connectivity index (χ0) is 22.5. The van der Waals surface area contributed by atoms with E-state index in [1.165, 1.54) is 20.5 Å². The van der Waals surface area contributed by atoms with Crippen molar-refractivity contribution in [1.82, 2.24) is 0 Å². The van der Waals surface area contributed by atoms with Crippen molar-refractivity contribution in [3.05, 3.63) is 0 Å². The van der Waals surface area contributed by atoms with Crippen molar-refractivity contribution in [3.63, 3.8) is 0 Å². The van der Waals surface area contributed by atoms with Crippen LogP contribution in [0.4, 0.5) is 0 Å². The minimum Gasteiger partial charge on any atom is -0.469 e. The number of aliphatic hydroxyl groups is 2. The number of rotatable bonds is 16. The van der Waals surface area contributed by atoms with Gasteiger partial charge in [-0.05, 0) is 39.5 Å². The highest BCUT2D eigenvalue weighted by atomic mass is 16.5. The Hall–Kier alpha value is -1.47. The van der Waals surface area contributed by atoms with Gasteiger partial charge >= 0.3 is 11.9 Å². The third-order valence-electron chi connectivity index (χ3n) is 4.78.